The van der Waals surface area contributed by atoms with Crippen LogP contribution in [0.4, 0.5) is 4.79 Å². The first-order chi connectivity index (χ1) is 10.0. The molecule has 0 radical (unpaired) electrons. The Labute approximate surface area is 130 Å². The van der Waals surface area contributed by atoms with Crippen LogP contribution in [0, 0.1) is 0 Å². The Morgan fingerprint density at radius 1 is 1.32 bits per heavy atom. The molecule has 0 aromatic heterocycles. The Hall–Kier alpha value is -1.83. The minimum absolute atomic E-state index is 0.185. The first-order valence-electron chi connectivity index (χ1n) is 7.12. The lowest BCUT2D eigenvalue weighted by atomic mass is 10.2. The van der Waals surface area contributed by atoms with Crippen molar-refractivity contribution in [3.8, 4) is 0 Å². The predicted molar refractivity (Wildman–Crippen MR) is 79.0 cm³/mol. The summed E-state index contributed by atoms with van der Waals surface area (Å²) in [5.74, 6) is -0.863. The van der Waals surface area contributed by atoms with Crippen LogP contribution in [0.3, 0.4) is 0 Å². The highest BCUT2D eigenvalue weighted by Gasteiger charge is 2.39. The van der Waals surface area contributed by atoms with Crippen LogP contribution >= 0.6 is 0 Å². The van der Waals surface area contributed by atoms with Gasteiger partial charge in [-0.3, -0.25) is 4.79 Å². The number of rotatable bonds is 3. The number of likely N-dealkylation sites (tertiary alicyclic amines) is 1. The lowest BCUT2D eigenvalue weighted by Gasteiger charge is -2.27. The Morgan fingerprint density at radius 3 is 2.41 bits per heavy atom. The largest absolute Gasteiger partial charge is 0.467 e. The summed E-state index contributed by atoms with van der Waals surface area (Å²) in [6.45, 7) is 5.31. The van der Waals surface area contributed by atoms with E-state index in [1.54, 1.807) is 20.8 Å². The topological polar surface area (TPSA) is 102 Å². The molecule has 2 amide bonds. The van der Waals surface area contributed by atoms with Gasteiger partial charge in [0.25, 0.3) is 0 Å². The number of ether oxygens (including phenoxy) is 2. The molecule has 8 heteroatoms. The maximum atomic E-state index is 12.3. The molecular formula is C14H25N3O5. The molecule has 1 saturated heterocycles. The van der Waals surface area contributed by atoms with Crippen molar-refractivity contribution >= 4 is 18.0 Å². The van der Waals surface area contributed by atoms with Crippen molar-refractivity contribution in [1.82, 2.24) is 9.80 Å². The summed E-state index contributed by atoms with van der Waals surface area (Å²) < 4.78 is 9.87. The lowest BCUT2D eigenvalue weighted by Crippen LogP contribution is -2.47. The summed E-state index contributed by atoms with van der Waals surface area (Å²) in [4.78, 5) is 38.4. The van der Waals surface area contributed by atoms with E-state index in [0.29, 0.717) is 6.42 Å². The van der Waals surface area contributed by atoms with Gasteiger partial charge in [-0.25, -0.2) is 9.59 Å². The summed E-state index contributed by atoms with van der Waals surface area (Å²) in [6.07, 6.45) is -0.242. The van der Waals surface area contributed by atoms with Gasteiger partial charge >= 0.3 is 12.1 Å². The molecule has 1 aliphatic heterocycles. The zero-order valence-electron chi connectivity index (χ0n) is 13.8. The number of amides is 2. The number of hydrogen-bond acceptors (Lipinski definition) is 6. The van der Waals surface area contributed by atoms with Crippen LogP contribution in [0.2, 0.25) is 0 Å². The van der Waals surface area contributed by atoms with Crippen molar-refractivity contribution in [2.24, 2.45) is 5.73 Å². The van der Waals surface area contributed by atoms with Gasteiger partial charge in [-0.15, -0.1) is 0 Å². The molecule has 1 rings (SSSR count). The number of carbonyl (C=O) groups excluding carboxylic acids is 3. The molecular weight excluding hydrogens is 290 g/mol. The molecule has 0 bridgehead atoms. The van der Waals surface area contributed by atoms with E-state index in [1.807, 2.05) is 0 Å². The van der Waals surface area contributed by atoms with Crippen LogP contribution in [0.1, 0.15) is 27.2 Å². The normalized spacial score (nSPS) is 21.5. The SMILES string of the molecule is COC(=O)[C@@H]1CC(N)CN1C(=O)CN(C)C(=O)OC(C)(C)C. The van der Waals surface area contributed by atoms with Crippen molar-refractivity contribution in [3.05, 3.63) is 0 Å². The van der Waals surface area contributed by atoms with Crippen molar-refractivity contribution in [3.63, 3.8) is 0 Å². The Morgan fingerprint density at radius 2 is 1.91 bits per heavy atom. The second-order valence-electron chi connectivity index (χ2n) is 6.42. The number of likely N-dealkylation sites (N-methyl/N-ethyl adjacent to an activating group) is 1. The Kier molecular flexibility index (Phi) is 5.76. The van der Waals surface area contributed by atoms with Crippen LogP contribution in [-0.2, 0) is 19.1 Å². The maximum absolute atomic E-state index is 12.3. The summed E-state index contributed by atoms with van der Waals surface area (Å²) in [7, 11) is 2.73. The predicted octanol–water partition coefficient (Wildman–Crippen LogP) is -0.0455. The molecule has 0 aromatic rings. The van der Waals surface area contributed by atoms with E-state index in [2.05, 4.69) is 4.74 Å². The highest BCUT2D eigenvalue weighted by molar-refractivity contribution is 5.88. The fourth-order valence-electron chi connectivity index (χ4n) is 2.20. The zero-order chi connectivity index (χ0) is 17.1. The van der Waals surface area contributed by atoms with Crippen LogP contribution in [0.15, 0.2) is 0 Å². The van der Waals surface area contributed by atoms with Gasteiger partial charge in [0.1, 0.15) is 18.2 Å². The highest BCUT2D eigenvalue weighted by atomic mass is 16.6. The second kappa shape index (κ2) is 6.95. The van der Waals surface area contributed by atoms with Crippen LogP contribution < -0.4 is 5.73 Å². The average molecular weight is 315 g/mol. The summed E-state index contributed by atoms with van der Waals surface area (Å²) in [6, 6.07) is -0.973. The first kappa shape index (κ1) is 18.2. The minimum atomic E-state index is -0.695. The van der Waals surface area contributed by atoms with E-state index in [4.69, 9.17) is 10.5 Å². The Balaban J connectivity index is 2.67. The zero-order valence-corrected chi connectivity index (χ0v) is 13.8. The van der Waals surface area contributed by atoms with E-state index in [9.17, 15) is 14.4 Å². The molecule has 126 valence electrons. The van der Waals surface area contributed by atoms with Gasteiger partial charge in [0.15, 0.2) is 0 Å². The summed E-state index contributed by atoms with van der Waals surface area (Å²) in [5.41, 5.74) is 5.17. The molecule has 1 aliphatic rings. The van der Waals surface area contributed by atoms with Crippen LogP contribution in [-0.4, -0.2) is 72.7 Å². The van der Waals surface area contributed by atoms with Gasteiger partial charge in [0.2, 0.25) is 5.91 Å². The van der Waals surface area contributed by atoms with Crippen LogP contribution in [0.25, 0.3) is 0 Å². The quantitative estimate of drug-likeness (QED) is 0.733. The number of nitrogens with two attached hydrogens (primary N) is 1. The average Bonchev–Trinajstić information content (AvgIpc) is 2.77. The summed E-state index contributed by atoms with van der Waals surface area (Å²) in [5, 5.41) is 0. The third-order valence-electron chi connectivity index (χ3n) is 3.20. The van der Waals surface area contributed by atoms with Gasteiger partial charge < -0.3 is 25.0 Å². The van der Waals surface area contributed by atoms with E-state index < -0.39 is 23.7 Å². The molecule has 0 aromatic carbocycles. The van der Waals surface area contributed by atoms with Crippen molar-refractivity contribution in [2.75, 3.05) is 27.2 Å². The fourth-order valence-corrected chi connectivity index (χ4v) is 2.20. The molecule has 0 spiro atoms. The lowest BCUT2D eigenvalue weighted by molar-refractivity contribution is -0.151. The molecule has 22 heavy (non-hydrogen) atoms. The van der Waals surface area contributed by atoms with Crippen LogP contribution in [0.5, 0.6) is 0 Å². The minimum Gasteiger partial charge on any atom is -0.467 e. The maximum Gasteiger partial charge on any atom is 0.410 e. The molecule has 0 saturated carbocycles. The molecule has 1 fully saturated rings. The van der Waals surface area contributed by atoms with Crippen molar-refractivity contribution < 1.29 is 23.9 Å². The van der Waals surface area contributed by atoms with E-state index in [1.165, 1.54) is 24.0 Å². The van der Waals surface area contributed by atoms with Crippen molar-refractivity contribution in [2.45, 2.75) is 44.9 Å². The number of hydrogen-bond donors (Lipinski definition) is 1. The number of esters is 1. The van der Waals surface area contributed by atoms with Gasteiger partial charge in [-0.05, 0) is 27.2 Å². The molecule has 2 N–H and O–H groups in total. The number of methoxy groups -OCH3 is 1. The monoisotopic (exact) mass is 315 g/mol. The van der Waals surface area contributed by atoms with E-state index in [-0.39, 0.29) is 25.0 Å². The molecule has 2 atom stereocenters. The van der Waals surface area contributed by atoms with Crippen molar-refractivity contribution in [1.29, 1.82) is 0 Å². The number of carbonyl (C=O) groups is 3. The third kappa shape index (κ3) is 4.87. The number of nitrogens with zero attached hydrogens (tertiary/aromatic N) is 2. The smallest absolute Gasteiger partial charge is 0.410 e. The molecule has 0 aliphatic carbocycles. The highest BCUT2D eigenvalue weighted by Crippen LogP contribution is 2.18. The summed E-state index contributed by atoms with van der Waals surface area (Å²) >= 11 is 0. The molecule has 1 heterocycles. The van der Waals surface area contributed by atoms with Gasteiger partial charge in [-0.2, -0.15) is 0 Å². The molecule has 1 unspecified atom stereocenters. The van der Waals surface area contributed by atoms with Gasteiger partial charge in [0, 0.05) is 19.6 Å². The first-order valence-corrected chi connectivity index (χ1v) is 7.12. The third-order valence-corrected chi connectivity index (χ3v) is 3.20. The van der Waals surface area contributed by atoms with Gasteiger partial charge in [-0.1, -0.05) is 0 Å². The van der Waals surface area contributed by atoms with E-state index in [0.717, 1.165) is 0 Å². The van der Waals surface area contributed by atoms with E-state index >= 15 is 0 Å². The standard InChI is InChI=1S/C14H25N3O5/c1-14(2,3)22-13(20)16(4)8-11(18)17-7-9(15)6-10(17)12(19)21-5/h9-10H,6-8,15H2,1-5H3/t9?,10-/m0/s1. The second-order valence-corrected chi connectivity index (χ2v) is 6.42. The Bertz CT molecular complexity index is 446. The molecule has 8 nitrogen and oxygen atoms in total. The van der Waals surface area contributed by atoms with Gasteiger partial charge in [0.05, 0.1) is 7.11 Å². The fraction of sp³-hybridized carbons (Fsp3) is 0.786.